The van der Waals surface area contributed by atoms with Crippen molar-refractivity contribution in [3.63, 3.8) is 0 Å². The third-order valence-corrected chi connectivity index (χ3v) is 4.43. The molecule has 0 bridgehead atoms. The van der Waals surface area contributed by atoms with Crippen LogP contribution in [0.25, 0.3) is 0 Å². The number of hydrogen-bond acceptors (Lipinski definition) is 5. The first-order valence-electron chi connectivity index (χ1n) is 9.99. The highest BCUT2D eigenvalue weighted by Gasteiger charge is 2.22. The monoisotopic (exact) mass is 385 g/mol. The van der Waals surface area contributed by atoms with E-state index < -0.39 is 0 Å². The van der Waals surface area contributed by atoms with Gasteiger partial charge in [0.05, 0.1) is 25.9 Å². The molecule has 0 radical (unpaired) electrons. The van der Waals surface area contributed by atoms with E-state index in [0.717, 1.165) is 30.4 Å². The second kappa shape index (κ2) is 9.08. The average molecular weight is 386 g/mol. The first-order chi connectivity index (χ1) is 13.4. The van der Waals surface area contributed by atoms with E-state index in [1.54, 1.807) is 12.4 Å². The Balaban J connectivity index is 1.56. The van der Waals surface area contributed by atoms with Gasteiger partial charge in [-0.1, -0.05) is 20.8 Å². The van der Waals surface area contributed by atoms with E-state index in [1.807, 2.05) is 19.1 Å². The summed E-state index contributed by atoms with van der Waals surface area (Å²) in [7, 11) is 0. The third-order valence-electron chi connectivity index (χ3n) is 4.43. The number of hydrogen-bond donors (Lipinski definition) is 2. The molecular weight excluding hydrogens is 354 g/mol. The molecule has 0 aliphatic heterocycles. The lowest BCUT2D eigenvalue weighted by molar-refractivity contribution is 0.288. The van der Waals surface area contributed by atoms with Crippen molar-refractivity contribution in [1.82, 2.24) is 20.6 Å². The Morgan fingerprint density at radius 3 is 2.79 bits per heavy atom. The summed E-state index contributed by atoms with van der Waals surface area (Å²) in [6.45, 7) is 10.9. The van der Waals surface area contributed by atoms with E-state index in [2.05, 4.69) is 46.4 Å². The lowest BCUT2D eigenvalue weighted by Crippen LogP contribution is -2.36. The van der Waals surface area contributed by atoms with Crippen LogP contribution < -0.4 is 15.4 Å². The van der Waals surface area contributed by atoms with Gasteiger partial charge in [-0.15, -0.1) is 0 Å². The molecule has 0 aromatic carbocycles. The summed E-state index contributed by atoms with van der Waals surface area (Å²) >= 11 is 0. The zero-order chi connectivity index (χ0) is 20.0. The fourth-order valence-corrected chi connectivity index (χ4v) is 2.53. The minimum atomic E-state index is -0.0511. The Morgan fingerprint density at radius 2 is 2.11 bits per heavy atom. The molecule has 2 aromatic heterocycles. The summed E-state index contributed by atoms with van der Waals surface area (Å²) in [5, 5.41) is 6.52. The van der Waals surface area contributed by atoms with Crippen LogP contribution in [0.15, 0.2) is 33.9 Å². The van der Waals surface area contributed by atoms with E-state index >= 15 is 0 Å². The summed E-state index contributed by atoms with van der Waals surface area (Å²) in [5.74, 6) is 3.63. The van der Waals surface area contributed by atoms with Gasteiger partial charge >= 0.3 is 0 Å². The van der Waals surface area contributed by atoms with Gasteiger partial charge in [-0.2, -0.15) is 0 Å². The predicted octanol–water partition coefficient (Wildman–Crippen LogP) is 3.41. The van der Waals surface area contributed by atoms with Gasteiger partial charge in [0.2, 0.25) is 11.8 Å². The van der Waals surface area contributed by atoms with Crippen LogP contribution in [-0.4, -0.2) is 29.1 Å². The quantitative estimate of drug-likeness (QED) is 0.535. The lowest BCUT2D eigenvalue weighted by atomic mass is 9.94. The molecule has 152 valence electrons. The van der Waals surface area contributed by atoms with Gasteiger partial charge in [0.15, 0.2) is 5.96 Å². The first kappa shape index (κ1) is 20.2. The van der Waals surface area contributed by atoms with Crippen LogP contribution in [0, 0.1) is 5.92 Å². The number of pyridine rings is 1. The Morgan fingerprint density at radius 1 is 1.29 bits per heavy atom. The summed E-state index contributed by atoms with van der Waals surface area (Å²) in [5.41, 5.74) is 1.01. The summed E-state index contributed by atoms with van der Waals surface area (Å²) in [6, 6.07) is 3.92. The number of nitrogens with zero attached hydrogens (tertiary/aromatic N) is 3. The predicted molar refractivity (Wildman–Crippen MR) is 109 cm³/mol. The van der Waals surface area contributed by atoms with Crippen LogP contribution in [0.2, 0.25) is 0 Å². The van der Waals surface area contributed by atoms with Crippen molar-refractivity contribution < 1.29 is 9.15 Å². The average Bonchev–Trinajstić information content (AvgIpc) is 3.36. The topological polar surface area (TPSA) is 84.6 Å². The SMILES string of the molecule is CCNC(=NCc1ccnc(OCC2CC2)c1)NCc1ncc(C(C)(C)C)o1. The third kappa shape index (κ3) is 6.25. The number of guanidine groups is 1. The zero-order valence-electron chi connectivity index (χ0n) is 17.3. The van der Waals surface area contributed by atoms with Crippen LogP contribution in [0.5, 0.6) is 5.88 Å². The number of oxazole rings is 1. The minimum absolute atomic E-state index is 0.0511. The van der Waals surface area contributed by atoms with Gasteiger partial charge in [-0.3, -0.25) is 0 Å². The second-order valence-electron chi connectivity index (χ2n) is 8.17. The Bertz CT molecular complexity index is 790. The van der Waals surface area contributed by atoms with Gasteiger partial charge in [-0.25, -0.2) is 15.0 Å². The summed E-state index contributed by atoms with van der Waals surface area (Å²) in [6.07, 6.45) is 6.10. The van der Waals surface area contributed by atoms with Crippen LogP contribution in [0.3, 0.4) is 0 Å². The fourth-order valence-electron chi connectivity index (χ4n) is 2.53. The number of ether oxygens (including phenoxy) is 1. The maximum absolute atomic E-state index is 5.83. The molecule has 2 aromatic rings. The number of rotatable bonds is 8. The molecule has 0 unspecified atom stereocenters. The molecule has 28 heavy (non-hydrogen) atoms. The van der Waals surface area contributed by atoms with Gasteiger partial charge in [0.25, 0.3) is 0 Å². The highest BCUT2D eigenvalue weighted by Crippen LogP contribution is 2.29. The van der Waals surface area contributed by atoms with E-state index in [0.29, 0.717) is 30.8 Å². The number of aliphatic imine (C=N–C) groups is 1. The van der Waals surface area contributed by atoms with Gasteiger partial charge < -0.3 is 19.8 Å². The molecule has 1 aliphatic carbocycles. The molecule has 7 heteroatoms. The Labute approximate surface area is 167 Å². The Kier molecular flexibility index (Phi) is 6.54. The molecule has 1 fully saturated rings. The van der Waals surface area contributed by atoms with Crippen molar-refractivity contribution in [2.75, 3.05) is 13.2 Å². The smallest absolute Gasteiger partial charge is 0.213 e. The molecule has 2 heterocycles. The van der Waals surface area contributed by atoms with Crippen LogP contribution >= 0.6 is 0 Å². The molecule has 0 atom stereocenters. The number of aromatic nitrogens is 2. The van der Waals surface area contributed by atoms with E-state index in [-0.39, 0.29) is 5.41 Å². The zero-order valence-corrected chi connectivity index (χ0v) is 17.3. The van der Waals surface area contributed by atoms with E-state index in [9.17, 15) is 0 Å². The first-order valence-corrected chi connectivity index (χ1v) is 9.99. The van der Waals surface area contributed by atoms with E-state index in [4.69, 9.17) is 9.15 Å². The van der Waals surface area contributed by atoms with Crippen LogP contribution in [-0.2, 0) is 18.5 Å². The molecule has 1 aliphatic rings. The Hall–Kier alpha value is -2.57. The highest BCUT2D eigenvalue weighted by molar-refractivity contribution is 5.79. The summed E-state index contributed by atoms with van der Waals surface area (Å²) < 4.78 is 11.6. The van der Waals surface area contributed by atoms with Crippen LogP contribution in [0.1, 0.15) is 57.8 Å². The van der Waals surface area contributed by atoms with Crippen molar-refractivity contribution in [3.8, 4) is 5.88 Å². The van der Waals surface area contributed by atoms with Gasteiger partial charge in [-0.05, 0) is 37.3 Å². The van der Waals surface area contributed by atoms with Crippen molar-refractivity contribution >= 4 is 5.96 Å². The minimum Gasteiger partial charge on any atom is -0.477 e. The molecule has 1 saturated carbocycles. The lowest BCUT2D eigenvalue weighted by Gasteiger charge is -2.13. The molecule has 0 amide bonds. The maximum atomic E-state index is 5.83. The standard InChI is InChI=1S/C21H31N5O2/c1-5-22-20(26-13-19-24-12-17(28-19)21(2,3)4)25-11-16-8-9-23-18(10-16)27-14-15-6-7-15/h8-10,12,15H,5-7,11,13-14H2,1-4H3,(H2,22,25,26). The van der Waals surface area contributed by atoms with Crippen molar-refractivity contribution in [3.05, 3.63) is 41.7 Å². The largest absolute Gasteiger partial charge is 0.477 e. The summed E-state index contributed by atoms with van der Waals surface area (Å²) in [4.78, 5) is 13.3. The molecule has 7 nitrogen and oxygen atoms in total. The molecule has 2 N–H and O–H groups in total. The van der Waals surface area contributed by atoms with Crippen molar-refractivity contribution in [2.24, 2.45) is 10.9 Å². The fraction of sp³-hybridized carbons (Fsp3) is 0.571. The van der Waals surface area contributed by atoms with Crippen LogP contribution in [0.4, 0.5) is 0 Å². The van der Waals surface area contributed by atoms with E-state index in [1.165, 1.54) is 12.8 Å². The molecular formula is C21H31N5O2. The number of nitrogens with one attached hydrogen (secondary N) is 2. The molecule has 0 saturated heterocycles. The molecule has 3 rings (SSSR count). The maximum Gasteiger partial charge on any atom is 0.213 e. The van der Waals surface area contributed by atoms with Gasteiger partial charge in [0.1, 0.15) is 5.76 Å². The second-order valence-corrected chi connectivity index (χ2v) is 8.17. The van der Waals surface area contributed by atoms with Crippen molar-refractivity contribution in [2.45, 2.75) is 59.0 Å². The highest BCUT2D eigenvalue weighted by atomic mass is 16.5. The normalized spacial score (nSPS) is 14.8. The van der Waals surface area contributed by atoms with Crippen molar-refractivity contribution in [1.29, 1.82) is 0 Å². The van der Waals surface area contributed by atoms with Gasteiger partial charge in [0, 0.05) is 24.2 Å². The molecule has 0 spiro atoms.